The van der Waals surface area contributed by atoms with Gasteiger partial charge in [0.05, 0.1) is 19.3 Å². The van der Waals surface area contributed by atoms with Gasteiger partial charge in [0.2, 0.25) is 5.91 Å². The van der Waals surface area contributed by atoms with Gasteiger partial charge < -0.3 is 20.0 Å². The maximum atomic E-state index is 11.3. The number of aliphatic hydroxyl groups is 2. The van der Waals surface area contributed by atoms with Crippen LogP contribution in [0, 0.1) is 0 Å². The van der Waals surface area contributed by atoms with Crippen molar-refractivity contribution in [3.8, 4) is 0 Å². The Bertz CT molecular complexity index is 161. The van der Waals surface area contributed by atoms with E-state index in [1.54, 1.807) is 26.0 Å². The van der Waals surface area contributed by atoms with Crippen LogP contribution in [0.5, 0.6) is 0 Å². The van der Waals surface area contributed by atoms with Gasteiger partial charge in [0.25, 0.3) is 0 Å². The average Bonchev–Trinajstić information content (AvgIpc) is 2.02. The lowest BCUT2D eigenvalue weighted by atomic mass is 10.3. The van der Waals surface area contributed by atoms with Crippen LogP contribution >= 0.6 is 0 Å². The molecule has 0 spiro atoms. The number of hydrogen-bond acceptors (Lipinski definition) is 4. The van der Waals surface area contributed by atoms with Crippen LogP contribution in [-0.4, -0.2) is 72.9 Å². The summed E-state index contributed by atoms with van der Waals surface area (Å²) in [6, 6.07) is 0. The first-order chi connectivity index (χ1) is 5.97. The van der Waals surface area contributed by atoms with Crippen LogP contribution in [-0.2, 0) is 4.79 Å². The second-order valence-corrected chi connectivity index (χ2v) is 3.35. The number of nitrogens with zero attached hydrogens (tertiary/aromatic N) is 2. The fraction of sp³-hybridized carbons (Fsp3) is 0.875. The standard InChI is InChI=1S/C8H18N2O3/c1-9(2)5-8(13)10(3)4-7(12)6-11/h7,11-12H,4-6H2,1-3H3. The zero-order valence-electron chi connectivity index (χ0n) is 8.40. The lowest BCUT2D eigenvalue weighted by molar-refractivity contribution is -0.132. The maximum absolute atomic E-state index is 11.3. The van der Waals surface area contributed by atoms with Crippen LogP contribution in [0.25, 0.3) is 0 Å². The van der Waals surface area contributed by atoms with Gasteiger partial charge in [-0.15, -0.1) is 0 Å². The maximum Gasteiger partial charge on any atom is 0.236 e. The molecule has 0 aliphatic carbocycles. The van der Waals surface area contributed by atoms with E-state index in [9.17, 15) is 4.79 Å². The predicted molar refractivity (Wildman–Crippen MR) is 49.3 cm³/mol. The summed E-state index contributed by atoms with van der Waals surface area (Å²) < 4.78 is 0. The molecule has 0 aromatic rings. The van der Waals surface area contributed by atoms with E-state index in [1.807, 2.05) is 0 Å². The number of carbonyl (C=O) groups is 1. The zero-order valence-corrected chi connectivity index (χ0v) is 8.40. The first-order valence-electron chi connectivity index (χ1n) is 4.15. The largest absolute Gasteiger partial charge is 0.394 e. The Morgan fingerprint density at radius 3 is 2.31 bits per heavy atom. The van der Waals surface area contributed by atoms with Crippen LogP contribution in [0.3, 0.4) is 0 Å². The van der Waals surface area contributed by atoms with Crippen molar-refractivity contribution in [2.45, 2.75) is 6.10 Å². The second-order valence-electron chi connectivity index (χ2n) is 3.35. The van der Waals surface area contributed by atoms with E-state index in [4.69, 9.17) is 10.2 Å². The number of rotatable bonds is 5. The van der Waals surface area contributed by atoms with E-state index in [1.165, 1.54) is 4.90 Å². The van der Waals surface area contributed by atoms with Crippen LogP contribution in [0.1, 0.15) is 0 Å². The van der Waals surface area contributed by atoms with Crippen molar-refractivity contribution in [2.75, 3.05) is 40.8 Å². The monoisotopic (exact) mass is 190 g/mol. The van der Waals surface area contributed by atoms with E-state index in [-0.39, 0.29) is 19.1 Å². The summed E-state index contributed by atoms with van der Waals surface area (Å²) in [6.07, 6.45) is -0.851. The summed E-state index contributed by atoms with van der Waals surface area (Å²) in [7, 11) is 5.20. The molecule has 0 radical (unpaired) electrons. The Balaban J connectivity index is 3.82. The molecule has 0 aromatic heterocycles. The molecule has 0 aliphatic rings. The molecule has 0 fully saturated rings. The molecule has 0 rings (SSSR count). The van der Waals surface area contributed by atoms with Crippen LogP contribution in [0.15, 0.2) is 0 Å². The molecule has 0 saturated heterocycles. The SMILES string of the molecule is CN(C)CC(=O)N(C)CC(O)CO. The van der Waals surface area contributed by atoms with Crippen LogP contribution < -0.4 is 0 Å². The number of amides is 1. The van der Waals surface area contributed by atoms with Gasteiger partial charge in [-0.1, -0.05) is 0 Å². The predicted octanol–water partition coefficient (Wildman–Crippen LogP) is -1.64. The average molecular weight is 190 g/mol. The van der Waals surface area contributed by atoms with Gasteiger partial charge in [-0.2, -0.15) is 0 Å². The summed E-state index contributed by atoms with van der Waals surface area (Å²) in [5.41, 5.74) is 0. The first-order valence-corrected chi connectivity index (χ1v) is 4.15. The Hall–Kier alpha value is -0.650. The molecular formula is C8H18N2O3. The van der Waals surface area contributed by atoms with Gasteiger partial charge in [0, 0.05) is 13.6 Å². The third kappa shape index (κ3) is 5.57. The summed E-state index contributed by atoms with van der Waals surface area (Å²) in [5.74, 6) is -0.0718. The van der Waals surface area contributed by atoms with Crippen molar-refractivity contribution in [3.05, 3.63) is 0 Å². The lowest BCUT2D eigenvalue weighted by Gasteiger charge is -2.21. The number of carbonyl (C=O) groups excluding carboxylic acids is 1. The van der Waals surface area contributed by atoms with Crippen LogP contribution in [0.2, 0.25) is 0 Å². The zero-order chi connectivity index (χ0) is 10.4. The van der Waals surface area contributed by atoms with Crippen molar-refractivity contribution >= 4 is 5.91 Å². The number of aliphatic hydroxyl groups excluding tert-OH is 2. The minimum absolute atomic E-state index is 0.0718. The van der Waals surface area contributed by atoms with Crippen molar-refractivity contribution in [1.82, 2.24) is 9.80 Å². The highest BCUT2D eigenvalue weighted by Gasteiger charge is 2.12. The third-order valence-corrected chi connectivity index (χ3v) is 1.57. The summed E-state index contributed by atoms with van der Waals surface area (Å²) >= 11 is 0. The number of hydrogen-bond donors (Lipinski definition) is 2. The van der Waals surface area contributed by atoms with Crippen molar-refractivity contribution in [1.29, 1.82) is 0 Å². The summed E-state index contributed by atoms with van der Waals surface area (Å²) in [5, 5.41) is 17.6. The molecule has 0 heterocycles. The van der Waals surface area contributed by atoms with E-state index in [2.05, 4.69) is 0 Å². The Morgan fingerprint density at radius 1 is 1.38 bits per heavy atom. The van der Waals surface area contributed by atoms with Gasteiger partial charge in [0.1, 0.15) is 0 Å². The summed E-state index contributed by atoms with van der Waals surface area (Å²) in [4.78, 5) is 14.5. The van der Waals surface area contributed by atoms with E-state index >= 15 is 0 Å². The van der Waals surface area contributed by atoms with Crippen molar-refractivity contribution < 1.29 is 15.0 Å². The van der Waals surface area contributed by atoms with Crippen LogP contribution in [0.4, 0.5) is 0 Å². The molecule has 2 N–H and O–H groups in total. The highest BCUT2D eigenvalue weighted by molar-refractivity contribution is 5.77. The van der Waals surface area contributed by atoms with Gasteiger partial charge in [-0.05, 0) is 14.1 Å². The molecule has 5 heteroatoms. The van der Waals surface area contributed by atoms with E-state index in [0.717, 1.165) is 0 Å². The quantitative estimate of drug-likeness (QED) is 0.546. The molecule has 1 unspecified atom stereocenters. The molecule has 1 amide bonds. The van der Waals surface area contributed by atoms with E-state index < -0.39 is 6.10 Å². The second kappa shape index (κ2) is 5.90. The van der Waals surface area contributed by atoms with Gasteiger partial charge in [0.15, 0.2) is 0 Å². The molecule has 78 valence electrons. The Morgan fingerprint density at radius 2 is 1.92 bits per heavy atom. The molecule has 0 aliphatic heterocycles. The third-order valence-electron chi connectivity index (χ3n) is 1.57. The molecule has 0 saturated carbocycles. The van der Waals surface area contributed by atoms with Gasteiger partial charge in [-0.3, -0.25) is 4.79 Å². The van der Waals surface area contributed by atoms with Crippen molar-refractivity contribution in [2.24, 2.45) is 0 Å². The molecular weight excluding hydrogens is 172 g/mol. The van der Waals surface area contributed by atoms with Gasteiger partial charge >= 0.3 is 0 Å². The first kappa shape index (κ1) is 12.3. The smallest absolute Gasteiger partial charge is 0.236 e. The van der Waals surface area contributed by atoms with E-state index in [0.29, 0.717) is 6.54 Å². The fourth-order valence-electron chi connectivity index (χ4n) is 0.867. The molecule has 13 heavy (non-hydrogen) atoms. The Labute approximate surface area is 78.6 Å². The highest BCUT2D eigenvalue weighted by Crippen LogP contribution is 1.90. The minimum Gasteiger partial charge on any atom is -0.394 e. The lowest BCUT2D eigenvalue weighted by Crippen LogP contribution is -2.40. The van der Waals surface area contributed by atoms with Gasteiger partial charge in [-0.25, -0.2) is 0 Å². The molecule has 0 aromatic carbocycles. The normalized spacial score (nSPS) is 13.1. The molecule has 5 nitrogen and oxygen atoms in total. The number of likely N-dealkylation sites (N-methyl/N-ethyl adjacent to an activating group) is 2. The fourth-order valence-corrected chi connectivity index (χ4v) is 0.867. The summed E-state index contributed by atoms with van der Waals surface area (Å²) in [6.45, 7) is 0.164. The Kier molecular flexibility index (Phi) is 5.61. The molecule has 0 bridgehead atoms. The van der Waals surface area contributed by atoms with Crippen molar-refractivity contribution in [3.63, 3.8) is 0 Å². The minimum atomic E-state index is -0.851. The molecule has 1 atom stereocenters. The topological polar surface area (TPSA) is 64.0 Å². The highest BCUT2D eigenvalue weighted by atomic mass is 16.3.